The minimum atomic E-state index is -0.627. The van der Waals surface area contributed by atoms with Gasteiger partial charge in [0, 0.05) is 18.9 Å². The van der Waals surface area contributed by atoms with Crippen molar-refractivity contribution in [3.8, 4) is 0 Å². The Labute approximate surface area is 149 Å². The van der Waals surface area contributed by atoms with Crippen molar-refractivity contribution in [2.45, 2.75) is 50.9 Å². The van der Waals surface area contributed by atoms with Crippen LogP contribution in [0.5, 0.6) is 0 Å². The lowest BCUT2D eigenvalue weighted by Gasteiger charge is -2.19. The Balaban J connectivity index is 1.59. The second-order valence-corrected chi connectivity index (χ2v) is 6.63. The van der Waals surface area contributed by atoms with E-state index in [1.54, 1.807) is 0 Å². The van der Waals surface area contributed by atoms with Crippen LogP contribution in [0.1, 0.15) is 37.7 Å². The van der Waals surface area contributed by atoms with E-state index in [0.717, 1.165) is 12.0 Å². The van der Waals surface area contributed by atoms with Crippen LogP contribution in [0.15, 0.2) is 42.5 Å². The predicted molar refractivity (Wildman–Crippen MR) is 94.5 cm³/mol. The largest absolute Gasteiger partial charge is 0.461 e. The number of allylic oxidation sites excluding steroid dienone is 2. The van der Waals surface area contributed by atoms with E-state index in [1.165, 1.54) is 0 Å². The Morgan fingerprint density at radius 1 is 1.12 bits per heavy atom. The average Bonchev–Trinajstić information content (AvgIpc) is 2.89. The molecule has 1 aromatic carbocycles. The second-order valence-electron chi connectivity index (χ2n) is 6.63. The van der Waals surface area contributed by atoms with Gasteiger partial charge in [-0.3, -0.25) is 4.79 Å². The highest BCUT2D eigenvalue weighted by atomic mass is 16.5. The molecular formula is C20H28O5. The molecule has 0 amide bonds. The SMILES string of the molecule is O=C(CCC/C=C\C[C@@H]1[C@@H](CO)[C@H](O)C[C@@H]1O)OCc1ccccc1. The third-order valence-electron chi connectivity index (χ3n) is 4.80. The molecule has 0 aromatic heterocycles. The molecule has 0 spiro atoms. The molecule has 0 radical (unpaired) electrons. The maximum atomic E-state index is 11.7. The van der Waals surface area contributed by atoms with Crippen LogP contribution in [0.25, 0.3) is 0 Å². The summed E-state index contributed by atoms with van der Waals surface area (Å²) in [7, 11) is 0. The summed E-state index contributed by atoms with van der Waals surface area (Å²) in [5.74, 6) is -0.563. The van der Waals surface area contributed by atoms with E-state index < -0.39 is 12.2 Å². The Bertz CT molecular complexity index is 542. The number of esters is 1. The number of rotatable bonds is 9. The first-order chi connectivity index (χ1) is 12.1. The van der Waals surface area contributed by atoms with E-state index in [4.69, 9.17) is 4.74 Å². The fourth-order valence-corrected chi connectivity index (χ4v) is 3.30. The van der Waals surface area contributed by atoms with Crippen molar-refractivity contribution in [2.24, 2.45) is 11.8 Å². The molecule has 3 N–H and O–H groups in total. The van der Waals surface area contributed by atoms with E-state index in [-0.39, 0.29) is 24.4 Å². The number of hydrogen-bond donors (Lipinski definition) is 3. The van der Waals surface area contributed by atoms with Crippen molar-refractivity contribution in [1.82, 2.24) is 0 Å². The van der Waals surface area contributed by atoms with Gasteiger partial charge in [0.25, 0.3) is 0 Å². The average molecular weight is 348 g/mol. The van der Waals surface area contributed by atoms with E-state index in [1.807, 2.05) is 42.5 Å². The summed E-state index contributed by atoms with van der Waals surface area (Å²) in [5, 5.41) is 29.0. The van der Waals surface area contributed by atoms with Gasteiger partial charge in [-0.25, -0.2) is 0 Å². The number of aliphatic hydroxyl groups excluding tert-OH is 3. The molecule has 2 rings (SSSR count). The summed E-state index contributed by atoms with van der Waals surface area (Å²) in [6.07, 6.45) is 5.56. The third-order valence-corrected chi connectivity index (χ3v) is 4.80. The Hall–Kier alpha value is -1.69. The van der Waals surface area contributed by atoms with Crippen molar-refractivity contribution >= 4 is 5.97 Å². The predicted octanol–water partition coefficient (Wildman–Crippen LogP) is 2.20. The van der Waals surface area contributed by atoms with Gasteiger partial charge in [0.2, 0.25) is 0 Å². The maximum Gasteiger partial charge on any atom is 0.306 e. The summed E-state index contributed by atoms with van der Waals surface area (Å²) < 4.78 is 5.22. The summed E-state index contributed by atoms with van der Waals surface area (Å²) in [6, 6.07) is 9.59. The molecule has 0 heterocycles. The summed E-state index contributed by atoms with van der Waals surface area (Å²) in [5.41, 5.74) is 0.978. The van der Waals surface area contributed by atoms with Gasteiger partial charge >= 0.3 is 5.97 Å². The van der Waals surface area contributed by atoms with E-state index >= 15 is 0 Å². The molecule has 1 aliphatic carbocycles. The quantitative estimate of drug-likeness (QED) is 0.362. The van der Waals surface area contributed by atoms with Crippen LogP contribution in [0.4, 0.5) is 0 Å². The smallest absolute Gasteiger partial charge is 0.306 e. The maximum absolute atomic E-state index is 11.7. The van der Waals surface area contributed by atoms with Crippen LogP contribution in [0.3, 0.4) is 0 Å². The standard InChI is InChI=1S/C20H28O5/c21-13-17-16(18(22)12-19(17)23)10-6-1-2-7-11-20(24)25-14-15-8-4-3-5-9-15/h1,3-6,8-9,16-19,21-23H,2,7,10-14H2/b6-1-/t16-,17-,18+,19-/m1/s1. The fourth-order valence-electron chi connectivity index (χ4n) is 3.30. The number of benzene rings is 1. The molecule has 5 nitrogen and oxygen atoms in total. The number of carbonyl (C=O) groups excluding carboxylic acids is 1. The zero-order valence-corrected chi connectivity index (χ0v) is 14.5. The number of hydrogen-bond acceptors (Lipinski definition) is 5. The van der Waals surface area contributed by atoms with Gasteiger partial charge in [0.05, 0.1) is 12.2 Å². The highest BCUT2D eigenvalue weighted by Crippen LogP contribution is 2.34. The zero-order chi connectivity index (χ0) is 18.1. The molecule has 1 fully saturated rings. The molecule has 25 heavy (non-hydrogen) atoms. The number of carbonyl (C=O) groups is 1. The van der Waals surface area contributed by atoms with Crippen LogP contribution in [-0.2, 0) is 16.1 Å². The Morgan fingerprint density at radius 3 is 2.56 bits per heavy atom. The number of aliphatic hydroxyl groups is 3. The first kappa shape index (κ1) is 19.6. The summed E-state index contributed by atoms with van der Waals surface area (Å²) >= 11 is 0. The van der Waals surface area contributed by atoms with Gasteiger partial charge in [-0.2, -0.15) is 0 Å². The molecule has 1 saturated carbocycles. The van der Waals surface area contributed by atoms with Crippen LogP contribution in [-0.4, -0.2) is 40.1 Å². The number of ether oxygens (including phenoxy) is 1. The van der Waals surface area contributed by atoms with E-state index in [2.05, 4.69) is 0 Å². The van der Waals surface area contributed by atoms with Crippen LogP contribution in [0.2, 0.25) is 0 Å². The molecule has 1 aromatic rings. The van der Waals surface area contributed by atoms with Gasteiger partial charge in [0.15, 0.2) is 0 Å². The van der Waals surface area contributed by atoms with E-state index in [0.29, 0.717) is 32.3 Å². The van der Waals surface area contributed by atoms with Crippen molar-refractivity contribution in [3.05, 3.63) is 48.0 Å². The highest BCUT2D eigenvalue weighted by molar-refractivity contribution is 5.69. The minimum absolute atomic E-state index is 0.105. The fraction of sp³-hybridized carbons (Fsp3) is 0.550. The second kappa shape index (κ2) is 10.3. The van der Waals surface area contributed by atoms with Gasteiger partial charge in [-0.1, -0.05) is 42.5 Å². The van der Waals surface area contributed by atoms with Crippen molar-refractivity contribution in [2.75, 3.05) is 6.61 Å². The normalized spacial score (nSPS) is 26.2. The minimum Gasteiger partial charge on any atom is -0.461 e. The molecule has 0 saturated heterocycles. The van der Waals surface area contributed by atoms with E-state index in [9.17, 15) is 20.1 Å². The lowest BCUT2D eigenvalue weighted by molar-refractivity contribution is -0.145. The van der Waals surface area contributed by atoms with Crippen LogP contribution < -0.4 is 0 Å². The van der Waals surface area contributed by atoms with Crippen LogP contribution in [0, 0.1) is 11.8 Å². The monoisotopic (exact) mass is 348 g/mol. The van der Waals surface area contributed by atoms with Crippen molar-refractivity contribution in [1.29, 1.82) is 0 Å². The van der Waals surface area contributed by atoms with Gasteiger partial charge in [-0.05, 0) is 37.2 Å². The molecule has 5 heteroatoms. The number of unbranched alkanes of at least 4 members (excludes halogenated alkanes) is 1. The molecule has 4 atom stereocenters. The molecule has 1 aliphatic rings. The molecule has 0 unspecified atom stereocenters. The molecule has 0 bridgehead atoms. The third kappa shape index (κ3) is 6.27. The lowest BCUT2D eigenvalue weighted by Crippen LogP contribution is -2.24. The van der Waals surface area contributed by atoms with Crippen molar-refractivity contribution < 1.29 is 24.9 Å². The Kier molecular flexibility index (Phi) is 8.12. The van der Waals surface area contributed by atoms with Crippen molar-refractivity contribution in [3.63, 3.8) is 0 Å². The molecular weight excluding hydrogens is 320 g/mol. The first-order valence-corrected chi connectivity index (χ1v) is 8.93. The van der Waals surface area contributed by atoms with Gasteiger partial charge in [-0.15, -0.1) is 0 Å². The summed E-state index contributed by atoms with van der Waals surface area (Å²) in [6.45, 7) is 0.198. The van der Waals surface area contributed by atoms with Crippen LogP contribution >= 0.6 is 0 Å². The Morgan fingerprint density at radius 2 is 1.84 bits per heavy atom. The highest BCUT2D eigenvalue weighted by Gasteiger charge is 2.40. The zero-order valence-electron chi connectivity index (χ0n) is 14.5. The van der Waals surface area contributed by atoms with Gasteiger partial charge < -0.3 is 20.1 Å². The molecule has 0 aliphatic heterocycles. The summed E-state index contributed by atoms with van der Waals surface area (Å²) in [4.78, 5) is 11.7. The lowest BCUT2D eigenvalue weighted by atomic mass is 9.91. The first-order valence-electron chi connectivity index (χ1n) is 8.93. The topological polar surface area (TPSA) is 87.0 Å². The molecule has 138 valence electrons. The van der Waals surface area contributed by atoms with Gasteiger partial charge in [0.1, 0.15) is 6.61 Å².